The van der Waals surface area contributed by atoms with E-state index in [1.165, 1.54) is 7.05 Å². The predicted molar refractivity (Wildman–Crippen MR) is 129 cm³/mol. The molecule has 0 radical (unpaired) electrons. The molecule has 0 saturated heterocycles. The lowest BCUT2D eigenvalue weighted by Gasteiger charge is -2.10. The van der Waals surface area contributed by atoms with E-state index >= 15 is 0 Å². The Morgan fingerprint density at radius 1 is 0.690 bits per heavy atom. The van der Waals surface area contributed by atoms with Crippen LogP contribution < -0.4 is 11.1 Å². The van der Waals surface area contributed by atoms with Gasteiger partial charge in [0.15, 0.2) is 0 Å². The van der Waals surface area contributed by atoms with E-state index in [2.05, 4.69) is 11.1 Å². The van der Waals surface area contributed by atoms with Crippen molar-refractivity contribution in [2.75, 3.05) is 12.4 Å². The number of amides is 1. The Labute approximate surface area is 176 Å². The molecule has 0 aromatic heterocycles. The second-order valence-electron chi connectivity index (χ2n) is 5.15. The van der Waals surface area contributed by atoms with E-state index in [1.807, 2.05) is 125 Å². The molecule has 0 unspecified atom stereocenters. The topological polar surface area (TPSA) is 55.1 Å². The number of benzene rings is 3. The van der Waals surface area contributed by atoms with E-state index in [-0.39, 0.29) is 5.91 Å². The van der Waals surface area contributed by atoms with Gasteiger partial charge < -0.3 is 11.1 Å². The summed E-state index contributed by atoms with van der Waals surface area (Å²) in [6, 6.07) is 29.0. The number of nitrogens with one attached hydrogen (secondary N) is 1. The van der Waals surface area contributed by atoms with E-state index in [0.29, 0.717) is 5.57 Å². The quantitative estimate of drug-likeness (QED) is 0.395. The fourth-order valence-electron chi connectivity index (χ4n) is 2.33. The molecule has 3 heteroatoms. The maximum absolute atomic E-state index is 12.7. The Morgan fingerprint density at radius 2 is 1.10 bits per heavy atom. The van der Waals surface area contributed by atoms with Gasteiger partial charge in [0, 0.05) is 11.3 Å². The molecule has 0 bridgehead atoms. The Bertz CT molecular complexity index is 798. The highest BCUT2D eigenvalue weighted by Gasteiger charge is 2.12. The summed E-state index contributed by atoms with van der Waals surface area (Å²) < 4.78 is 0. The summed E-state index contributed by atoms with van der Waals surface area (Å²) in [7, 11) is 1.50. The van der Waals surface area contributed by atoms with Crippen molar-refractivity contribution < 1.29 is 4.79 Å². The zero-order chi connectivity index (χ0) is 21.9. The number of rotatable bonds is 4. The molecule has 0 saturated carbocycles. The van der Waals surface area contributed by atoms with Gasteiger partial charge in [-0.1, -0.05) is 107 Å². The second kappa shape index (κ2) is 17.0. The maximum Gasteiger partial charge on any atom is 0.256 e. The first-order valence-corrected chi connectivity index (χ1v) is 10.1. The van der Waals surface area contributed by atoms with Gasteiger partial charge in [0.1, 0.15) is 0 Å². The van der Waals surface area contributed by atoms with Crippen LogP contribution in [0.5, 0.6) is 0 Å². The van der Waals surface area contributed by atoms with E-state index in [9.17, 15) is 4.79 Å². The molecule has 3 N–H and O–H groups in total. The van der Waals surface area contributed by atoms with Crippen molar-refractivity contribution in [3.8, 4) is 0 Å². The van der Waals surface area contributed by atoms with Gasteiger partial charge >= 0.3 is 0 Å². The van der Waals surface area contributed by atoms with Crippen LogP contribution in [0.1, 0.15) is 38.8 Å². The first kappa shape index (κ1) is 25.8. The summed E-state index contributed by atoms with van der Waals surface area (Å²) in [6.07, 6.45) is 1.91. The monoisotopic (exact) mass is 390 g/mol. The van der Waals surface area contributed by atoms with Crippen LogP contribution >= 0.6 is 0 Å². The lowest BCUT2D eigenvalue weighted by Crippen LogP contribution is -2.13. The van der Waals surface area contributed by atoms with Crippen molar-refractivity contribution in [1.29, 1.82) is 0 Å². The molecule has 0 spiro atoms. The minimum atomic E-state index is -0.119. The van der Waals surface area contributed by atoms with Crippen LogP contribution in [0.25, 0.3) is 11.6 Å². The molecular weight excluding hydrogens is 356 g/mol. The lowest BCUT2D eigenvalue weighted by molar-refractivity contribution is -0.111. The minimum absolute atomic E-state index is 0.119. The fourth-order valence-corrected chi connectivity index (χ4v) is 2.33. The molecule has 0 aliphatic heterocycles. The van der Waals surface area contributed by atoms with Gasteiger partial charge in [-0.2, -0.15) is 0 Å². The zero-order valence-corrected chi connectivity index (χ0v) is 18.2. The molecule has 3 nitrogen and oxygen atoms in total. The third kappa shape index (κ3) is 9.54. The highest BCUT2D eigenvalue weighted by Crippen LogP contribution is 2.20. The maximum atomic E-state index is 12.7. The Hall–Kier alpha value is -3.17. The van der Waals surface area contributed by atoms with Crippen molar-refractivity contribution in [3.05, 3.63) is 102 Å². The number of nitrogens with two attached hydrogens (primary N) is 1. The average Bonchev–Trinajstić information content (AvgIpc) is 2.83. The lowest BCUT2D eigenvalue weighted by atomic mass is 10.0. The molecule has 0 heterocycles. The third-order valence-electron chi connectivity index (χ3n) is 3.47. The van der Waals surface area contributed by atoms with Crippen LogP contribution in [0.4, 0.5) is 5.69 Å². The first-order valence-electron chi connectivity index (χ1n) is 10.1. The van der Waals surface area contributed by atoms with Crippen LogP contribution in [0.2, 0.25) is 0 Å². The molecule has 0 aliphatic rings. The molecule has 0 fully saturated rings. The minimum Gasteiger partial charge on any atom is -0.333 e. The highest BCUT2D eigenvalue weighted by molar-refractivity contribution is 6.29. The van der Waals surface area contributed by atoms with Crippen molar-refractivity contribution in [1.82, 2.24) is 0 Å². The van der Waals surface area contributed by atoms with E-state index in [4.69, 9.17) is 0 Å². The Morgan fingerprint density at radius 3 is 1.59 bits per heavy atom. The smallest absolute Gasteiger partial charge is 0.256 e. The Kier molecular flexibility index (Phi) is 15.1. The number of carbonyl (C=O) groups is 1. The predicted octanol–water partition coefficient (Wildman–Crippen LogP) is 6.49. The van der Waals surface area contributed by atoms with Gasteiger partial charge in [-0.15, -0.1) is 0 Å². The molecule has 0 atom stereocenters. The normalized spacial score (nSPS) is 9.38. The van der Waals surface area contributed by atoms with Gasteiger partial charge in [0.25, 0.3) is 5.91 Å². The molecule has 29 heavy (non-hydrogen) atoms. The standard InChI is InChI=1S/C21H17NO.2C2H6.CH5N/c23-21(22-19-14-8-3-9-15-19)20(18-12-6-2-7-13-18)16-17-10-4-1-5-11-17;3*1-2/h1-16H,(H,22,23);2*1-2H3;2H2,1H3/b20-16+;;;. The van der Waals surface area contributed by atoms with Crippen molar-refractivity contribution in [3.63, 3.8) is 0 Å². The third-order valence-corrected chi connectivity index (χ3v) is 3.47. The molecule has 1 amide bonds. The highest BCUT2D eigenvalue weighted by atomic mass is 16.1. The van der Waals surface area contributed by atoms with Gasteiger partial charge in [0.05, 0.1) is 0 Å². The van der Waals surface area contributed by atoms with Crippen LogP contribution in [0.3, 0.4) is 0 Å². The molecule has 3 aromatic rings. The first-order chi connectivity index (χ1) is 14.3. The van der Waals surface area contributed by atoms with Crippen LogP contribution in [-0.2, 0) is 4.79 Å². The summed E-state index contributed by atoms with van der Waals surface area (Å²) in [5, 5.41) is 2.95. The molecule has 3 rings (SSSR count). The summed E-state index contributed by atoms with van der Waals surface area (Å²) in [6.45, 7) is 8.00. The Balaban J connectivity index is 0.00000120. The van der Waals surface area contributed by atoms with Crippen molar-refractivity contribution in [2.24, 2.45) is 5.73 Å². The van der Waals surface area contributed by atoms with Gasteiger partial charge in [-0.3, -0.25) is 4.79 Å². The van der Waals surface area contributed by atoms with Crippen molar-refractivity contribution >= 4 is 23.2 Å². The molecular formula is C26H34N2O. The van der Waals surface area contributed by atoms with E-state index in [0.717, 1.165) is 16.8 Å². The second-order valence-corrected chi connectivity index (χ2v) is 5.15. The summed E-state index contributed by atoms with van der Waals surface area (Å²) in [5.41, 5.74) is 7.81. The molecule has 154 valence electrons. The largest absolute Gasteiger partial charge is 0.333 e. The zero-order valence-electron chi connectivity index (χ0n) is 18.2. The SMILES string of the molecule is CC.CC.CN.O=C(Nc1ccccc1)/C(=C/c1ccccc1)c1ccccc1. The van der Waals surface area contributed by atoms with Gasteiger partial charge in [-0.05, 0) is 36.4 Å². The van der Waals surface area contributed by atoms with Gasteiger partial charge in [0.2, 0.25) is 0 Å². The average molecular weight is 391 g/mol. The number of hydrogen-bond acceptors (Lipinski definition) is 2. The number of hydrogen-bond donors (Lipinski definition) is 2. The van der Waals surface area contributed by atoms with Crippen molar-refractivity contribution in [2.45, 2.75) is 27.7 Å². The number of para-hydroxylation sites is 1. The van der Waals surface area contributed by atoms with Crippen LogP contribution in [-0.4, -0.2) is 13.0 Å². The summed E-state index contributed by atoms with van der Waals surface area (Å²) >= 11 is 0. The van der Waals surface area contributed by atoms with E-state index in [1.54, 1.807) is 0 Å². The molecule has 3 aromatic carbocycles. The number of anilines is 1. The van der Waals surface area contributed by atoms with Gasteiger partial charge in [-0.25, -0.2) is 0 Å². The van der Waals surface area contributed by atoms with E-state index < -0.39 is 0 Å². The van der Waals surface area contributed by atoms with Crippen LogP contribution in [0, 0.1) is 0 Å². The van der Waals surface area contributed by atoms with Crippen LogP contribution in [0.15, 0.2) is 91.0 Å². The summed E-state index contributed by atoms with van der Waals surface area (Å²) in [4.78, 5) is 12.7. The number of carbonyl (C=O) groups excluding carboxylic acids is 1. The fraction of sp³-hybridized carbons (Fsp3) is 0.192. The molecule has 0 aliphatic carbocycles. The summed E-state index contributed by atoms with van der Waals surface area (Å²) in [5.74, 6) is -0.119.